The number of rotatable bonds is 7. The molecule has 27 heavy (non-hydrogen) atoms. The maximum Gasteiger partial charge on any atom is 0.317 e. The summed E-state index contributed by atoms with van der Waals surface area (Å²) in [5, 5.41) is 11.9. The van der Waals surface area contributed by atoms with Crippen molar-refractivity contribution in [3.05, 3.63) is 29.1 Å². The molecule has 2 N–H and O–H groups in total. The first kappa shape index (κ1) is 19.8. The number of nitrogens with one attached hydrogen (secondary N) is 1. The number of hydrogen-bond donors (Lipinski definition) is 2. The second kappa shape index (κ2) is 9.31. The number of carboxylic acid groups (broad SMARTS) is 1. The van der Waals surface area contributed by atoms with E-state index >= 15 is 0 Å². The van der Waals surface area contributed by atoms with Crippen LogP contribution < -0.4 is 5.32 Å². The molecule has 2 heterocycles. The molecule has 6 nitrogen and oxygen atoms in total. The number of pyridine rings is 1. The van der Waals surface area contributed by atoms with Crippen molar-refractivity contribution in [1.82, 2.24) is 15.2 Å². The first-order chi connectivity index (χ1) is 13.0. The normalized spacial score (nSPS) is 19.3. The summed E-state index contributed by atoms with van der Waals surface area (Å²) >= 11 is 0. The highest BCUT2D eigenvalue weighted by molar-refractivity contribution is 5.78. The Labute approximate surface area is 161 Å². The summed E-state index contributed by atoms with van der Waals surface area (Å²) in [6, 6.07) is 4.38. The molecule has 148 valence electrons. The van der Waals surface area contributed by atoms with Crippen molar-refractivity contribution in [2.75, 3.05) is 26.2 Å². The lowest BCUT2D eigenvalue weighted by molar-refractivity contribution is -0.138. The number of aromatic nitrogens is 1. The molecule has 0 radical (unpaired) electrons. The van der Waals surface area contributed by atoms with Gasteiger partial charge in [0.25, 0.3) is 0 Å². The lowest BCUT2D eigenvalue weighted by Crippen LogP contribution is -2.42. The fraction of sp³-hybridized carbons (Fsp3) is 0.667. The Morgan fingerprint density at radius 3 is 2.74 bits per heavy atom. The minimum absolute atomic E-state index is 0.00669. The predicted octanol–water partition coefficient (Wildman–Crippen LogP) is 2.37. The summed E-state index contributed by atoms with van der Waals surface area (Å²) in [6.45, 7) is 4.27. The number of hydrogen-bond acceptors (Lipinski definition) is 4. The second-order valence-corrected chi connectivity index (χ2v) is 7.97. The quantitative estimate of drug-likeness (QED) is 0.767. The van der Waals surface area contributed by atoms with E-state index in [-0.39, 0.29) is 18.4 Å². The third-order valence-electron chi connectivity index (χ3n) is 5.90. The highest BCUT2D eigenvalue weighted by Gasteiger charge is 2.25. The zero-order chi connectivity index (χ0) is 19.2. The van der Waals surface area contributed by atoms with Gasteiger partial charge in [0.1, 0.15) is 0 Å². The minimum atomic E-state index is -0.803. The summed E-state index contributed by atoms with van der Waals surface area (Å²) in [6.07, 6.45) is 7.10. The molecule has 1 fully saturated rings. The fourth-order valence-corrected chi connectivity index (χ4v) is 4.12. The van der Waals surface area contributed by atoms with Crippen molar-refractivity contribution in [1.29, 1.82) is 0 Å². The van der Waals surface area contributed by atoms with E-state index in [2.05, 4.69) is 24.4 Å². The van der Waals surface area contributed by atoms with Crippen LogP contribution in [0.1, 0.15) is 61.9 Å². The van der Waals surface area contributed by atoms with Gasteiger partial charge in [-0.1, -0.05) is 13.0 Å². The Morgan fingerprint density at radius 2 is 2.00 bits per heavy atom. The molecular formula is C21H31N3O3. The van der Waals surface area contributed by atoms with Gasteiger partial charge < -0.3 is 10.4 Å². The molecule has 1 aromatic rings. The van der Waals surface area contributed by atoms with Crippen LogP contribution in [0, 0.1) is 5.92 Å². The van der Waals surface area contributed by atoms with Crippen LogP contribution in [0.3, 0.4) is 0 Å². The van der Waals surface area contributed by atoms with Crippen molar-refractivity contribution >= 4 is 11.9 Å². The molecule has 6 heteroatoms. The third-order valence-corrected chi connectivity index (χ3v) is 5.90. The molecule has 0 bridgehead atoms. The Balaban J connectivity index is 1.40. The van der Waals surface area contributed by atoms with Crippen molar-refractivity contribution < 1.29 is 14.7 Å². The number of carbonyl (C=O) groups is 2. The van der Waals surface area contributed by atoms with E-state index in [0.717, 1.165) is 37.8 Å². The standard InChI is InChI=1S/C21H31N3O3/c1-15(18-7-6-16-4-2-3-5-19(16)23-18)8-11-22-21(27)17-9-12-24(13-10-17)14-20(25)26/h6-7,15,17H,2-5,8-14H2,1H3,(H,22,27)(H,25,26). The number of piperidine rings is 1. The Hall–Kier alpha value is -1.95. The summed E-state index contributed by atoms with van der Waals surface area (Å²) < 4.78 is 0. The number of amides is 1. The third kappa shape index (κ3) is 5.51. The second-order valence-electron chi connectivity index (χ2n) is 7.97. The number of aryl methyl sites for hydroxylation is 2. The maximum absolute atomic E-state index is 12.4. The number of likely N-dealkylation sites (tertiary alicyclic amines) is 1. The lowest BCUT2D eigenvalue weighted by Gasteiger charge is -2.30. The molecule has 1 saturated heterocycles. The van der Waals surface area contributed by atoms with Gasteiger partial charge in [-0.05, 0) is 69.7 Å². The number of carbonyl (C=O) groups excluding carboxylic acids is 1. The monoisotopic (exact) mass is 373 g/mol. The zero-order valence-electron chi connectivity index (χ0n) is 16.2. The van der Waals surface area contributed by atoms with Crippen molar-refractivity contribution in [2.45, 2.75) is 57.8 Å². The maximum atomic E-state index is 12.4. The van der Waals surface area contributed by atoms with Gasteiger partial charge in [-0.2, -0.15) is 0 Å². The molecule has 1 atom stereocenters. The van der Waals surface area contributed by atoms with Gasteiger partial charge in [-0.25, -0.2) is 0 Å². The van der Waals surface area contributed by atoms with E-state index in [0.29, 0.717) is 25.6 Å². The van der Waals surface area contributed by atoms with Crippen LogP contribution in [0.25, 0.3) is 0 Å². The molecule has 2 aliphatic rings. The van der Waals surface area contributed by atoms with Crippen LogP contribution in [0.4, 0.5) is 0 Å². The SMILES string of the molecule is CC(CCNC(=O)C1CCN(CC(=O)O)CC1)c1ccc2c(n1)CCCC2. The van der Waals surface area contributed by atoms with E-state index in [1.165, 1.54) is 24.1 Å². The zero-order valence-corrected chi connectivity index (χ0v) is 16.2. The van der Waals surface area contributed by atoms with Crippen LogP contribution in [-0.2, 0) is 22.4 Å². The molecule has 0 saturated carbocycles. The Kier molecular flexibility index (Phi) is 6.83. The van der Waals surface area contributed by atoms with Crippen LogP contribution in [0.15, 0.2) is 12.1 Å². The molecule has 0 aromatic carbocycles. The van der Waals surface area contributed by atoms with Gasteiger partial charge in [0.05, 0.1) is 6.54 Å². The lowest BCUT2D eigenvalue weighted by atomic mass is 9.93. The number of aliphatic carboxylic acids is 1. The predicted molar refractivity (Wildman–Crippen MR) is 104 cm³/mol. The van der Waals surface area contributed by atoms with Gasteiger partial charge in [0.2, 0.25) is 5.91 Å². The fourth-order valence-electron chi connectivity index (χ4n) is 4.12. The number of nitrogens with zero attached hydrogens (tertiary/aromatic N) is 2. The summed E-state index contributed by atoms with van der Waals surface area (Å²) in [5.74, 6) is -0.361. The van der Waals surface area contributed by atoms with E-state index in [4.69, 9.17) is 10.1 Å². The molecular weight excluding hydrogens is 342 g/mol. The summed E-state index contributed by atoms with van der Waals surface area (Å²) in [7, 11) is 0. The van der Waals surface area contributed by atoms with Gasteiger partial charge >= 0.3 is 5.97 Å². The first-order valence-electron chi connectivity index (χ1n) is 10.2. The summed E-state index contributed by atoms with van der Waals surface area (Å²) in [5.41, 5.74) is 3.80. The molecule has 1 aliphatic carbocycles. The Morgan fingerprint density at radius 1 is 1.26 bits per heavy atom. The van der Waals surface area contributed by atoms with Crippen molar-refractivity contribution in [3.8, 4) is 0 Å². The molecule has 3 rings (SSSR count). The van der Waals surface area contributed by atoms with Crippen LogP contribution in [0.5, 0.6) is 0 Å². The highest BCUT2D eigenvalue weighted by Crippen LogP contribution is 2.24. The van der Waals surface area contributed by atoms with Gasteiger partial charge in [-0.3, -0.25) is 19.5 Å². The van der Waals surface area contributed by atoms with Gasteiger partial charge in [-0.15, -0.1) is 0 Å². The molecule has 0 spiro atoms. The highest BCUT2D eigenvalue weighted by atomic mass is 16.4. The first-order valence-corrected chi connectivity index (χ1v) is 10.2. The molecule has 1 aliphatic heterocycles. The smallest absolute Gasteiger partial charge is 0.317 e. The van der Waals surface area contributed by atoms with Gasteiger partial charge in [0, 0.05) is 29.8 Å². The molecule has 1 unspecified atom stereocenters. The Bertz CT molecular complexity index is 669. The van der Waals surface area contributed by atoms with Crippen molar-refractivity contribution in [2.24, 2.45) is 5.92 Å². The van der Waals surface area contributed by atoms with Crippen molar-refractivity contribution in [3.63, 3.8) is 0 Å². The minimum Gasteiger partial charge on any atom is -0.480 e. The van der Waals surface area contributed by atoms with E-state index < -0.39 is 5.97 Å². The average Bonchev–Trinajstić information content (AvgIpc) is 2.67. The summed E-state index contributed by atoms with van der Waals surface area (Å²) in [4.78, 5) is 29.9. The van der Waals surface area contributed by atoms with Crippen LogP contribution in [0.2, 0.25) is 0 Å². The molecule has 1 amide bonds. The molecule has 1 aromatic heterocycles. The average molecular weight is 373 g/mol. The van der Waals surface area contributed by atoms with Gasteiger partial charge in [0.15, 0.2) is 0 Å². The van der Waals surface area contributed by atoms with Crippen LogP contribution in [-0.4, -0.2) is 53.0 Å². The number of fused-ring (bicyclic) bond motifs is 1. The van der Waals surface area contributed by atoms with Crippen LogP contribution >= 0.6 is 0 Å². The number of carboxylic acids is 1. The largest absolute Gasteiger partial charge is 0.480 e. The topological polar surface area (TPSA) is 82.5 Å². The van der Waals surface area contributed by atoms with E-state index in [1.54, 1.807) is 0 Å². The van der Waals surface area contributed by atoms with E-state index in [1.807, 2.05) is 4.90 Å². The van der Waals surface area contributed by atoms with E-state index in [9.17, 15) is 9.59 Å².